The second-order valence-corrected chi connectivity index (χ2v) is 6.17. The molecule has 1 aromatic carbocycles. The lowest BCUT2D eigenvalue weighted by molar-refractivity contribution is -0.114. The van der Waals surface area contributed by atoms with Gasteiger partial charge in [-0.2, -0.15) is 4.31 Å². The molecule has 0 heterocycles. The maximum absolute atomic E-state index is 12.4. The van der Waals surface area contributed by atoms with Crippen molar-refractivity contribution in [2.45, 2.75) is 18.7 Å². The third kappa shape index (κ3) is 4.43. The van der Waals surface area contributed by atoms with Crippen LogP contribution in [-0.4, -0.2) is 42.8 Å². The van der Waals surface area contributed by atoms with Gasteiger partial charge in [0.05, 0.1) is 11.4 Å². The Hall–Kier alpha value is -2.13. The monoisotopic (exact) mass is 314 g/mol. The van der Waals surface area contributed by atoms with Crippen molar-refractivity contribution in [1.29, 1.82) is 0 Å². The number of carbonyl (C=O) groups is 1. The van der Waals surface area contributed by atoms with E-state index in [0.717, 1.165) is 4.31 Å². The van der Waals surface area contributed by atoms with E-state index in [1.54, 1.807) is 6.92 Å². The molecule has 0 saturated carbocycles. The van der Waals surface area contributed by atoms with Gasteiger partial charge in [0.15, 0.2) is 5.84 Å². The zero-order valence-corrected chi connectivity index (χ0v) is 12.6. The Labute approximate surface area is 123 Å². The molecule has 0 aliphatic heterocycles. The van der Waals surface area contributed by atoms with E-state index in [0.29, 0.717) is 5.69 Å². The average Bonchev–Trinajstić information content (AvgIpc) is 2.44. The summed E-state index contributed by atoms with van der Waals surface area (Å²) in [5.41, 5.74) is 5.85. The number of likely N-dealkylation sites (N-methyl/N-ethyl adjacent to an activating group) is 1. The number of oxime groups is 1. The molecule has 0 aliphatic carbocycles. The van der Waals surface area contributed by atoms with Crippen LogP contribution in [0.25, 0.3) is 0 Å². The molecule has 1 amide bonds. The van der Waals surface area contributed by atoms with E-state index < -0.39 is 10.0 Å². The molecular weight excluding hydrogens is 296 g/mol. The third-order valence-corrected chi connectivity index (χ3v) is 4.57. The number of amidine groups is 1. The standard InChI is InChI=1S/C12H18N4O4S/c1-3-16(8-12(13)15-18)21(19,20)11-6-4-10(5-7-11)14-9(2)17/h4-7,18H,3,8H2,1-2H3,(H2,13,15)(H,14,17). The van der Waals surface area contributed by atoms with Crippen LogP contribution in [0.2, 0.25) is 0 Å². The molecule has 0 atom stereocenters. The predicted octanol–water partition coefficient (Wildman–Crippen LogP) is 0.402. The molecule has 0 aliphatic rings. The molecule has 0 saturated heterocycles. The van der Waals surface area contributed by atoms with Crippen LogP contribution in [0.15, 0.2) is 34.3 Å². The van der Waals surface area contributed by atoms with E-state index in [2.05, 4.69) is 10.5 Å². The minimum Gasteiger partial charge on any atom is -0.409 e. The molecule has 0 bridgehead atoms. The fourth-order valence-electron chi connectivity index (χ4n) is 1.64. The first-order chi connectivity index (χ1) is 9.81. The Balaban J connectivity index is 3.03. The van der Waals surface area contributed by atoms with Gasteiger partial charge in [-0.05, 0) is 24.3 Å². The molecule has 21 heavy (non-hydrogen) atoms. The van der Waals surface area contributed by atoms with Crippen LogP contribution >= 0.6 is 0 Å². The number of anilines is 1. The maximum Gasteiger partial charge on any atom is 0.243 e. The van der Waals surface area contributed by atoms with E-state index in [9.17, 15) is 13.2 Å². The van der Waals surface area contributed by atoms with Crippen molar-refractivity contribution in [3.05, 3.63) is 24.3 Å². The zero-order chi connectivity index (χ0) is 16.0. The van der Waals surface area contributed by atoms with Crippen LogP contribution in [-0.2, 0) is 14.8 Å². The largest absolute Gasteiger partial charge is 0.409 e. The van der Waals surface area contributed by atoms with Crippen molar-refractivity contribution in [2.75, 3.05) is 18.4 Å². The summed E-state index contributed by atoms with van der Waals surface area (Å²) in [7, 11) is -3.75. The number of rotatable bonds is 6. The molecule has 0 radical (unpaired) electrons. The molecule has 0 unspecified atom stereocenters. The zero-order valence-electron chi connectivity index (χ0n) is 11.8. The highest BCUT2D eigenvalue weighted by Crippen LogP contribution is 2.18. The number of nitrogens with one attached hydrogen (secondary N) is 1. The van der Waals surface area contributed by atoms with Crippen LogP contribution in [0.5, 0.6) is 0 Å². The predicted molar refractivity (Wildman–Crippen MR) is 78.6 cm³/mol. The minimum atomic E-state index is -3.75. The highest BCUT2D eigenvalue weighted by Gasteiger charge is 2.23. The van der Waals surface area contributed by atoms with E-state index in [-0.39, 0.29) is 29.7 Å². The number of hydrogen-bond acceptors (Lipinski definition) is 5. The van der Waals surface area contributed by atoms with E-state index in [4.69, 9.17) is 10.9 Å². The molecule has 116 valence electrons. The van der Waals surface area contributed by atoms with Gasteiger partial charge in [-0.25, -0.2) is 8.42 Å². The number of carbonyl (C=O) groups excluding carboxylic acids is 1. The lowest BCUT2D eigenvalue weighted by Crippen LogP contribution is -2.38. The molecule has 0 fully saturated rings. The summed E-state index contributed by atoms with van der Waals surface area (Å²) in [6, 6.07) is 5.75. The normalized spacial score (nSPS) is 12.4. The highest BCUT2D eigenvalue weighted by atomic mass is 32.2. The Morgan fingerprint density at radius 2 is 1.95 bits per heavy atom. The van der Waals surface area contributed by atoms with E-state index in [1.165, 1.54) is 31.2 Å². The second kappa shape index (κ2) is 7.04. The number of sulfonamides is 1. The molecule has 0 spiro atoms. The van der Waals surface area contributed by atoms with Crippen molar-refractivity contribution in [2.24, 2.45) is 10.9 Å². The van der Waals surface area contributed by atoms with Crippen LogP contribution in [0.1, 0.15) is 13.8 Å². The van der Waals surface area contributed by atoms with Crippen molar-refractivity contribution in [3.8, 4) is 0 Å². The van der Waals surface area contributed by atoms with Gasteiger partial charge in [-0.15, -0.1) is 0 Å². The van der Waals surface area contributed by atoms with Crippen molar-refractivity contribution < 1.29 is 18.4 Å². The summed E-state index contributed by atoms with van der Waals surface area (Å²) in [5.74, 6) is -0.442. The van der Waals surface area contributed by atoms with Gasteiger partial charge in [-0.3, -0.25) is 4.79 Å². The number of benzene rings is 1. The first kappa shape index (κ1) is 16.9. The average molecular weight is 314 g/mol. The first-order valence-electron chi connectivity index (χ1n) is 6.15. The van der Waals surface area contributed by atoms with Gasteiger partial charge in [0.2, 0.25) is 15.9 Å². The highest BCUT2D eigenvalue weighted by molar-refractivity contribution is 7.89. The van der Waals surface area contributed by atoms with E-state index >= 15 is 0 Å². The summed E-state index contributed by atoms with van der Waals surface area (Å²) in [6.07, 6.45) is 0. The van der Waals surface area contributed by atoms with Crippen LogP contribution in [0.4, 0.5) is 5.69 Å². The third-order valence-electron chi connectivity index (χ3n) is 2.63. The van der Waals surface area contributed by atoms with Gasteiger partial charge < -0.3 is 16.3 Å². The topological polar surface area (TPSA) is 125 Å². The van der Waals surface area contributed by atoms with Gasteiger partial charge in [0.25, 0.3) is 0 Å². The molecule has 1 rings (SSSR count). The number of nitrogens with zero attached hydrogens (tertiary/aromatic N) is 2. The lowest BCUT2D eigenvalue weighted by atomic mass is 10.3. The second-order valence-electron chi connectivity index (χ2n) is 4.23. The SMILES string of the molecule is CCN(CC(N)=NO)S(=O)(=O)c1ccc(NC(C)=O)cc1. The first-order valence-corrected chi connectivity index (χ1v) is 7.59. The summed E-state index contributed by atoms with van der Waals surface area (Å²) in [5, 5.41) is 13.9. The molecule has 8 nitrogen and oxygen atoms in total. The van der Waals surface area contributed by atoms with Crippen LogP contribution < -0.4 is 11.1 Å². The molecule has 0 aromatic heterocycles. The van der Waals surface area contributed by atoms with Crippen molar-refractivity contribution in [1.82, 2.24) is 4.31 Å². The number of nitrogens with two attached hydrogens (primary N) is 1. The summed E-state index contributed by atoms with van der Waals surface area (Å²) >= 11 is 0. The lowest BCUT2D eigenvalue weighted by Gasteiger charge is -2.19. The molecule has 1 aromatic rings. The minimum absolute atomic E-state index is 0.0594. The van der Waals surface area contributed by atoms with Gasteiger partial charge >= 0.3 is 0 Å². The quantitative estimate of drug-likeness (QED) is 0.303. The number of amides is 1. The Kier molecular flexibility index (Phi) is 5.68. The summed E-state index contributed by atoms with van der Waals surface area (Å²) in [4.78, 5) is 11.0. The van der Waals surface area contributed by atoms with Crippen LogP contribution in [0, 0.1) is 0 Å². The maximum atomic E-state index is 12.4. The Morgan fingerprint density at radius 1 is 1.38 bits per heavy atom. The van der Waals surface area contributed by atoms with Gasteiger partial charge in [0, 0.05) is 19.2 Å². The molecule has 4 N–H and O–H groups in total. The van der Waals surface area contributed by atoms with Crippen molar-refractivity contribution in [3.63, 3.8) is 0 Å². The number of hydrogen-bond donors (Lipinski definition) is 3. The Morgan fingerprint density at radius 3 is 2.38 bits per heavy atom. The van der Waals surface area contributed by atoms with Gasteiger partial charge in [0.1, 0.15) is 0 Å². The van der Waals surface area contributed by atoms with Gasteiger partial charge in [-0.1, -0.05) is 12.1 Å². The van der Waals surface area contributed by atoms with Crippen molar-refractivity contribution >= 4 is 27.5 Å². The fourth-order valence-corrected chi connectivity index (χ4v) is 3.06. The van der Waals surface area contributed by atoms with E-state index in [1.807, 2.05) is 0 Å². The smallest absolute Gasteiger partial charge is 0.243 e. The van der Waals surface area contributed by atoms with Crippen LogP contribution in [0.3, 0.4) is 0 Å². The fraction of sp³-hybridized carbons (Fsp3) is 0.333. The summed E-state index contributed by atoms with van der Waals surface area (Å²) in [6.45, 7) is 2.98. The summed E-state index contributed by atoms with van der Waals surface area (Å²) < 4.78 is 25.9. The molecule has 9 heteroatoms. The Bertz CT molecular complexity index is 625. The molecular formula is C12H18N4O4S.